The SMILES string of the molecule is CN(C)C(=O)[C@H]1CN([C@H]2CCCC(C)(C)C2)CC[C@@H]1NC(=O)c1cc(-c2ccc(F)cc2F)on1. The summed E-state index contributed by atoms with van der Waals surface area (Å²) >= 11 is 0. The van der Waals surface area contributed by atoms with Crippen LogP contribution in [0.2, 0.25) is 0 Å². The molecule has 1 aromatic carbocycles. The zero-order valence-corrected chi connectivity index (χ0v) is 20.8. The van der Waals surface area contributed by atoms with E-state index in [1.54, 1.807) is 19.0 Å². The number of nitrogens with zero attached hydrogens (tertiary/aromatic N) is 3. The number of rotatable bonds is 5. The summed E-state index contributed by atoms with van der Waals surface area (Å²) in [6.45, 7) is 6.00. The lowest BCUT2D eigenvalue weighted by molar-refractivity contribution is -0.136. The number of nitrogens with one attached hydrogen (secondary N) is 1. The molecule has 1 saturated heterocycles. The number of hydrogen-bond donors (Lipinski definition) is 1. The van der Waals surface area contributed by atoms with Crippen LogP contribution in [0.5, 0.6) is 0 Å². The number of hydrogen-bond acceptors (Lipinski definition) is 5. The van der Waals surface area contributed by atoms with Crippen LogP contribution in [0.1, 0.15) is 56.4 Å². The number of piperidine rings is 1. The monoisotopic (exact) mass is 488 g/mol. The lowest BCUT2D eigenvalue weighted by Crippen LogP contribution is -2.58. The molecule has 0 radical (unpaired) electrons. The second kappa shape index (κ2) is 10.0. The van der Waals surface area contributed by atoms with Crippen molar-refractivity contribution in [1.29, 1.82) is 0 Å². The van der Waals surface area contributed by atoms with Crippen LogP contribution in [-0.4, -0.2) is 66.0 Å². The Balaban J connectivity index is 1.47. The standard InChI is InChI=1S/C26H34F2N4O3/c1-26(2)10-5-6-17(14-26)32-11-9-21(19(15-32)25(34)31(3)4)29-24(33)22-13-23(35-30-22)18-8-7-16(27)12-20(18)28/h7-8,12-13,17,19,21H,5-6,9-11,14-15H2,1-4H3,(H,29,33)/t17-,19-,21-/m0/s1. The van der Waals surface area contributed by atoms with Crippen LogP contribution in [0.15, 0.2) is 28.8 Å². The summed E-state index contributed by atoms with van der Waals surface area (Å²) in [5.41, 5.74) is 0.294. The van der Waals surface area contributed by atoms with E-state index >= 15 is 0 Å². The first-order chi connectivity index (χ1) is 16.5. The summed E-state index contributed by atoms with van der Waals surface area (Å²) in [6, 6.07) is 4.51. The van der Waals surface area contributed by atoms with Gasteiger partial charge in [-0.2, -0.15) is 0 Å². The van der Waals surface area contributed by atoms with E-state index in [2.05, 4.69) is 29.2 Å². The molecule has 2 fully saturated rings. The average Bonchev–Trinajstić information content (AvgIpc) is 3.28. The highest BCUT2D eigenvalue weighted by molar-refractivity contribution is 5.94. The van der Waals surface area contributed by atoms with Crippen LogP contribution in [0.25, 0.3) is 11.3 Å². The predicted octanol–water partition coefficient (Wildman–Crippen LogP) is 4.10. The van der Waals surface area contributed by atoms with Gasteiger partial charge < -0.3 is 14.7 Å². The summed E-state index contributed by atoms with van der Waals surface area (Å²) in [5.74, 6) is -2.37. The van der Waals surface area contributed by atoms with Gasteiger partial charge in [-0.05, 0) is 43.2 Å². The molecule has 7 nitrogen and oxygen atoms in total. The molecule has 1 aromatic heterocycles. The predicted molar refractivity (Wildman–Crippen MR) is 128 cm³/mol. The lowest BCUT2D eigenvalue weighted by Gasteiger charge is -2.46. The number of benzene rings is 1. The highest BCUT2D eigenvalue weighted by atomic mass is 19.1. The van der Waals surface area contributed by atoms with Gasteiger partial charge in [0, 0.05) is 51.4 Å². The topological polar surface area (TPSA) is 78.7 Å². The molecule has 1 saturated carbocycles. The van der Waals surface area contributed by atoms with Gasteiger partial charge in [-0.3, -0.25) is 14.5 Å². The lowest BCUT2D eigenvalue weighted by atomic mass is 9.74. The first-order valence-corrected chi connectivity index (χ1v) is 12.2. The first-order valence-electron chi connectivity index (χ1n) is 12.2. The van der Waals surface area contributed by atoms with E-state index in [9.17, 15) is 18.4 Å². The van der Waals surface area contributed by atoms with Crippen LogP contribution in [0.4, 0.5) is 8.78 Å². The van der Waals surface area contributed by atoms with Crippen LogP contribution in [0.3, 0.4) is 0 Å². The maximum absolute atomic E-state index is 14.1. The zero-order chi connectivity index (χ0) is 25.3. The van der Waals surface area contributed by atoms with E-state index in [-0.39, 0.29) is 34.9 Å². The van der Waals surface area contributed by atoms with Crippen molar-refractivity contribution < 1.29 is 22.9 Å². The van der Waals surface area contributed by atoms with Crippen LogP contribution < -0.4 is 5.32 Å². The molecule has 9 heteroatoms. The van der Waals surface area contributed by atoms with Crippen molar-refractivity contribution in [2.24, 2.45) is 11.3 Å². The Morgan fingerprint density at radius 1 is 1.20 bits per heavy atom. The molecule has 0 bridgehead atoms. The fourth-order valence-electron chi connectivity index (χ4n) is 5.47. The number of amides is 2. The number of likely N-dealkylation sites (tertiary alicyclic amines) is 1. The number of carbonyl (C=O) groups is 2. The van der Waals surface area contributed by atoms with E-state index in [1.807, 2.05) is 0 Å². The summed E-state index contributed by atoms with van der Waals surface area (Å²) in [5, 5.41) is 6.74. The van der Waals surface area contributed by atoms with Gasteiger partial charge in [0.2, 0.25) is 5.91 Å². The van der Waals surface area contributed by atoms with E-state index < -0.39 is 17.5 Å². The minimum absolute atomic E-state index is 0.0160. The molecule has 1 aliphatic carbocycles. The van der Waals surface area contributed by atoms with Gasteiger partial charge in [-0.15, -0.1) is 0 Å². The third-order valence-corrected chi connectivity index (χ3v) is 7.35. The van der Waals surface area contributed by atoms with Crippen molar-refractivity contribution >= 4 is 11.8 Å². The number of halogens is 2. The van der Waals surface area contributed by atoms with Crippen LogP contribution in [0, 0.1) is 23.0 Å². The molecule has 1 N–H and O–H groups in total. The van der Waals surface area contributed by atoms with Crippen molar-refractivity contribution in [3.05, 3.63) is 41.6 Å². The van der Waals surface area contributed by atoms with Gasteiger partial charge in [0.05, 0.1) is 11.5 Å². The van der Waals surface area contributed by atoms with Gasteiger partial charge >= 0.3 is 0 Å². The molecule has 3 atom stereocenters. The Hall–Kier alpha value is -2.81. The van der Waals surface area contributed by atoms with Gasteiger partial charge in [0.15, 0.2) is 11.5 Å². The molecule has 0 unspecified atom stereocenters. The largest absolute Gasteiger partial charge is 0.355 e. The minimum atomic E-state index is -0.803. The smallest absolute Gasteiger partial charge is 0.273 e. The van der Waals surface area contributed by atoms with Crippen molar-refractivity contribution in [2.45, 2.75) is 58.0 Å². The van der Waals surface area contributed by atoms with Crippen LogP contribution >= 0.6 is 0 Å². The Labute approximate surface area is 204 Å². The average molecular weight is 489 g/mol. The Kier molecular flexibility index (Phi) is 7.26. The fraction of sp³-hybridized carbons (Fsp3) is 0.577. The molecular formula is C26H34F2N4O3. The summed E-state index contributed by atoms with van der Waals surface area (Å²) in [4.78, 5) is 30.0. The van der Waals surface area contributed by atoms with Gasteiger partial charge in [-0.1, -0.05) is 25.4 Å². The second-order valence-corrected chi connectivity index (χ2v) is 10.8. The first kappa shape index (κ1) is 25.3. The highest BCUT2D eigenvalue weighted by Crippen LogP contribution is 2.38. The summed E-state index contributed by atoms with van der Waals surface area (Å²) < 4.78 is 32.5. The van der Waals surface area contributed by atoms with Gasteiger partial charge in [-0.25, -0.2) is 8.78 Å². The minimum Gasteiger partial charge on any atom is -0.355 e. The quantitative estimate of drug-likeness (QED) is 0.686. The third-order valence-electron chi connectivity index (χ3n) is 7.35. The zero-order valence-electron chi connectivity index (χ0n) is 20.8. The molecule has 2 aromatic rings. The summed E-state index contributed by atoms with van der Waals surface area (Å²) in [6.07, 6.45) is 5.28. The second-order valence-electron chi connectivity index (χ2n) is 10.8. The van der Waals surface area contributed by atoms with Crippen molar-refractivity contribution in [1.82, 2.24) is 20.3 Å². The Morgan fingerprint density at radius 3 is 2.66 bits per heavy atom. The summed E-state index contributed by atoms with van der Waals surface area (Å²) in [7, 11) is 3.45. The Morgan fingerprint density at radius 2 is 1.97 bits per heavy atom. The van der Waals surface area contributed by atoms with Crippen molar-refractivity contribution in [3.8, 4) is 11.3 Å². The van der Waals surface area contributed by atoms with Crippen molar-refractivity contribution in [3.63, 3.8) is 0 Å². The molecule has 0 spiro atoms. The highest BCUT2D eigenvalue weighted by Gasteiger charge is 2.40. The molecule has 2 amide bonds. The van der Waals surface area contributed by atoms with Crippen LogP contribution in [-0.2, 0) is 4.79 Å². The number of carbonyl (C=O) groups excluding carboxylic acids is 2. The van der Waals surface area contributed by atoms with E-state index in [0.717, 1.165) is 31.5 Å². The third kappa shape index (κ3) is 5.72. The molecule has 190 valence electrons. The van der Waals surface area contributed by atoms with E-state index in [0.29, 0.717) is 24.4 Å². The molecule has 35 heavy (non-hydrogen) atoms. The molecule has 1 aliphatic heterocycles. The normalized spacial score (nSPS) is 24.7. The molecular weight excluding hydrogens is 454 g/mol. The fourth-order valence-corrected chi connectivity index (χ4v) is 5.47. The number of aromatic nitrogens is 1. The molecule has 2 heterocycles. The Bertz CT molecular complexity index is 1080. The van der Waals surface area contributed by atoms with E-state index in [1.165, 1.54) is 25.0 Å². The molecule has 4 rings (SSSR count). The maximum Gasteiger partial charge on any atom is 0.273 e. The van der Waals surface area contributed by atoms with Crippen molar-refractivity contribution in [2.75, 3.05) is 27.2 Å². The molecule has 2 aliphatic rings. The van der Waals surface area contributed by atoms with E-state index in [4.69, 9.17) is 4.52 Å². The van der Waals surface area contributed by atoms with Gasteiger partial charge in [0.1, 0.15) is 11.6 Å². The maximum atomic E-state index is 14.1. The van der Waals surface area contributed by atoms with Gasteiger partial charge in [0.25, 0.3) is 5.91 Å².